The summed E-state index contributed by atoms with van der Waals surface area (Å²) in [5.41, 5.74) is 27.1. The van der Waals surface area contributed by atoms with Crippen LogP contribution < -0.4 is 38.2 Å². The number of nitrogens with zero attached hydrogens (tertiary/aromatic N) is 22. The molecule has 2 radical (unpaired) electrons. The molecule has 2 saturated heterocycles. The van der Waals surface area contributed by atoms with Crippen LogP contribution in [0, 0.1) is 109 Å². The summed E-state index contributed by atoms with van der Waals surface area (Å²) in [5, 5.41) is 90.9. The third kappa shape index (κ3) is 27.0. The molecule has 732 valence electrons. The van der Waals surface area contributed by atoms with Crippen LogP contribution in [0.15, 0.2) is 143 Å². The van der Waals surface area contributed by atoms with Crippen LogP contribution in [-0.2, 0) is 13.1 Å². The summed E-state index contributed by atoms with van der Waals surface area (Å²) in [4.78, 5) is 44.4. The minimum atomic E-state index is -0.918. The number of anilines is 5. The van der Waals surface area contributed by atoms with E-state index >= 15 is 0 Å². The van der Waals surface area contributed by atoms with Crippen molar-refractivity contribution in [3.63, 3.8) is 0 Å². The number of piperazine rings is 2. The molecule has 0 amide bonds. The molecule has 0 spiro atoms. The van der Waals surface area contributed by atoms with Gasteiger partial charge in [0.05, 0.1) is 103 Å². The van der Waals surface area contributed by atoms with Gasteiger partial charge in [0, 0.05) is 140 Å². The molecule has 20 rings (SSSR count). The van der Waals surface area contributed by atoms with E-state index < -0.39 is 52.8 Å². The number of nitrogens with two attached hydrogens (primary N) is 4. The molecule has 0 unspecified atom stereocenters. The van der Waals surface area contributed by atoms with Crippen molar-refractivity contribution in [2.45, 2.75) is 75.4 Å². The van der Waals surface area contributed by atoms with Crippen LogP contribution >= 0.6 is 65.8 Å². The van der Waals surface area contributed by atoms with E-state index in [-0.39, 0.29) is 111 Å². The molecule has 53 heteroatoms. The molecule has 0 aliphatic carbocycles. The summed E-state index contributed by atoms with van der Waals surface area (Å²) in [5.74, 6) is 12.3. The molecule has 0 bridgehead atoms. The van der Waals surface area contributed by atoms with Crippen molar-refractivity contribution in [2.75, 3.05) is 91.8 Å². The molecule has 40 nitrogen and oxygen atoms in total. The molecule has 13 heterocycles. The molecular formula is C86H87Cl4F7IN27O13Sn. The predicted molar refractivity (Wildman–Crippen MR) is 521 cm³/mol. The van der Waals surface area contributed by atoms with E-state index in [0.717, 1.165) is 144 Å². The number of benzene rings is 7. The Balaban J connectivity index is 0.000000200. The normalized spacial score (nSPS) is 12.1. The Bertz CT molecular complexity index is 7520. The number of nitrogen functional groups attached to an aromatic ring is 3. The molecule has 11 aromatic heterocycles. The number of oxime groups is 1. The van der Waals surface area contributed by atoms with E-state index in [0.29, 0.717) is 104 Å². The summed E-state index contributed by atoms with van der Waals surface area (Å²) >= 11 is 4.90. The topological polar surface area (TPSA) is 563 Å². The number of nitrogens with one attached hydrogen (secondary N) is 1. The summed E-state index contributed by atoms with van der Waals surface area (Å²) < 4.78 is 123. The first kappa shape index (κ1) is 110. The fourth-order valence-electron chi connectivity index (χ4n) is 13.6. The van der Waals surface area contributed by atoms with Gasteiger partial charge in [-0.2, -0.15) is 43.6 Å². The Morgan fingerprint density at radius 2 is 0.914 bits per heavy atom. The van der Waals surface area contributed by atoms with E-state index in [2.05, 4.69) is 121 Å². The first-order chi connectivity index (χ1) is 65.2. The Morgan fingerprint density at radius 3 is 1.34 bits per heavy atom. The number of alkyl halides is 1. The number of hydrogen-bond acceptors (Lipinski definition) is 34. The Morgan fingerprint density at radius 1 is 0.525 bits per heavy atom. The number of fused-ring (bicyclic) bond motifs is 11. The number of hydrogen-bond donors (Lipinski definition) is 9. The van der Waals surface area contributed by atoms with Crippen LogP contribution in [0.2, 0.25) is 0 Å². The number of nitro groups is 1. The molecule has 18 aromatic rings. The van der Waals surface area contributed by atoms with Crippen LogP contribution in [0.3, 0.4) is 0 Å². The van der Waals surface area contributed by atoms with Crippen LogP contribution in [0.5, 0.6) is 11.5 Å². The van der Waals surface area contributed by atoms with Gasteiger partial charge in [-0.3, -0.25) is 19.8 Å². The molecule has 0 atom stereocenters. The molecule has 139 heavy (non-hydrogen) atoms. The zero-order valence-corrected chi connectivity index (χ0v) is 83.0. The number of aromatic hydroxyl groups is 2. The van der Waals surface area contributed by atoms with Crippen molar-refractivity contribution in [1.82, 2.24) is 94.7 Å². The second kappa shape index (κ2) is 51.0. The second-order valence-corrected chi connectivity index (χ2v) is 33.8. The van der Waals surface area contributed by atoms with Crippen LogP contribution in [0.4, 0.5) is 65.4 Å². The number of rotatable bonds is 10. The van der Waals surface area contributed by atoms with Crippen molar-refractivity contribution < 1.29 is 89.2 Å². The van der Waals surface area contributed by atoms with Gasteiger partial charge >= 0.3 is 42.4 Å². The van der Waals surface area contributed by atoms with Gasteiger partial charge in [-0.05, 0) is 129 Å². The molecular weight excluding hydrogens is 2140 g/mol. The summed E-state index contributed by atoms with van der Waals surface area (Å²) in [7, 11) is 9.87. The first-order valence-corrected chi connectivity index (χ1v) is 48.1. The zero-order chi connectivity index (χ0) is 98.5. The van der Waals surface area contributed by atoms with Gasteiger partial charge in [0.2, 0.25) is 29.4 Å². The zero-order valence-electron chi connectivity index (χ0n) is 74.8. The number of Topliss-reactive ketones (excluding diaryl/α,β-unsaturated/α-hetero) is 1. The Kier molecular flexibility index (Phi) is 40.6. The van der Waals surface area contributed by atoms with Crippen molar-refractivity contribution in [3.8, 4) is 35.2 Å². The fraction of sp³-hybridized carbons (Fsp3) is 0.244. The van der Waals surface area contributed by atoms with E-state index in [1.165, 1.54) is 77.5 Å². The van der Waals surface area contributed by atoms with Crippen molar-refractivity contribution in [2.24, 2.45) is 11.1 Å². The third-order valence-electron chi connectivity index (χ3n) is 20.3. The quantitative estimate of drug-likeness (QED) is 0.00525. The summed E-state index contributed by atoms with van der Waals surface area (Å²) in [6, 6.07) is 22.6. The number of ketones is 1. The van der Waals surface area contributed by atoms with Gasteiger partial charge < -0.3 is 81.0 Å². The average Bonchev–Trinajstić information content (AvgIpc) is 1.61. The van der Waals surface area contributed by atoms with E-state index in [9.17, 15) is 45.6 Å². The molecule has 2 aliphatic heterocycles. The van der Waals surface area contributed by atoms with Crippen molar-refractivity contribution in [3.05, 3.63) is 218 Å². The first-order valence-electron chi connectivity index (χ1n) is 40.4. The van der Waals surface area contributed by atoms with Crippen LogP contribution in [0.1, 0.15) is 83.7 Å². The van der Waals surface area contributed by atoms with Crippen molar-refractivity contribution >= 4 is 219 Å². The van der Waals surface area contributed by atoms with Gasteiger partial charge in [-0.1, -0.05) is 42.8 Å². The minimum absolute atomic E-state index is 0. The monoisotopic (exact) mass is 2230 g/mol. The number of halogens is 12. The number of carbonyl (C=O) groups excluding carboxylic acids is 1. The number of aryl methyl sites for hydroxylation is 6. The van der Waals surface area contributed by atoms with Crippen molar-refractivity contribution in [1.29, 1.82) is 0 Å². The Hall–Kier alpha value is -13.8. The van der Waals surface area contributed by atoms with Crippen LogP contribution in [0.25, 0.3) is 88.2 Å². The Labute approximate surface area is 828 Å². The molecule has 0 saturated carbocycles. The summed E-state index contributed by atoms with van der Waals surface area (Å²) in [6.45, 7) is 23.7. The fourth-order valence-corrected chi connectivity index (χ4v) is 13.8. The number of phenolic OH excluding ortho intramolecular Hbond substituents is 2. The van der Waals surface area contributed by atoms with Gasteiger partial charge in [0.15, 0.2) is 56.3 Å². The summed E-state index contributed by atoms with van der Waals surface area (Å²) in [6.07, 6.45) is 3.42. The van der Waals surface area contributed by atoms with Gasteiger partial charge in [-0.25, -0.2) is 41.6 Å². The molecule has 2 fully saturated rings. The van der Waals surface area contributed by atoms with Crippen LogP contribution in [-0.4, -0.2) is 216 Å². The number of phenols is 2. The van der Waals surface area contributed by atoms with Gasteiger partial charge in [-0.15, -0.1) is 58.2 Å². The maximum atomic E-state index is 14.7. The number of carbonyl (C=O) groups is 1. The standard InChI is InChI=1S/C23H23FN10O.C12H14FN3O.C11H10ClN7.C8H5FN2O3.C8H7FN2O.C8H8FNO2.C8H6FNO.C8H7FO2.3ClH.HI.H3NO.H2O.Sn/c1-3-4-20-27-22-16-13-26-33(21(16)28-23(25)34(22)29-20)10-7-31-5-8-32(9-6-31)18-11-15-14(2)30-35-19(15)12-17(18)24;1-8-9-6-11(16-4-2-14-3-5-16)10(13)7-12(9)17-15-8;1-2-3-8-15-10-7-6-14-18(5-4-12)9(7)16-11(13)19(10)17-8;1-4-5-2-7(11(12)13)6(9)3-8(5)14-10-4;1-4-5-2-7(10)6(9)3-8(5)12-11-4;1-5(10-12)7-3-2-6(9)4-8(7)11;1-5-7-3-2-6(9)4-8(7)11-10-5;1-5(10)7-3-2-6(9)4-8(7)11;;;;;1-2;;/h11-13H,5-10H2,1-2H3,(H2,25,28);6-7,14H,2-5H2,1H3;6H,4-5H2,1H3,(H2,13,16);2-3H,1H3;2-3H,10H2,1H3;2-4,11-12H,1H3;2-4H,1H3;2-4,11H,1H3;4*1H;2H,1H2;1H2;/q;;;;;;;;;;;;;;+2/p-2. The van der Waals surface area contributed by atoms with Gasteiger partial charge in [0.25, 0.3) is 0 Å². The third-order valence-corrected chi connectivity index (χ3v) is 20.5. The molecule has 15 N–H and O–H groups in total. The molecule has 7 aromatic carbocycles. The maximum absolute atomic E-state index is 14.7. The van der Waals surface area contributed by atoms with Gasteiger partial charge in [0.1, 0.15) is 46.4 Å². The predicted octanol–water partition coefficient (Wildman–Crippen LogP) is 14.5. The number of aromatic nitrogens is 17. The SMILES string of the molecule is CC#Cc1nc2c3cnn(CCCl)c3nc(N)n2n1.CC#Cc1nc2c3cnn(CCN4CCN(c5cc6c(C)noc6cc5F)CC4)c3nc(N)n2n1.CC(=NO)c1ccc(F)cc1O.CC(=O)c1ccc(F)cc1O.Cc1noc2cc(F)c(N)cc12.Cc1noc2cc(F)c(N3CCNCC3)cc12.Cc1noc2cc(F)c([N+](=O)[O-])cc12.Cc1noc2cc(F)ccc12.Cl.I.NO.O.[Cl][Sn][Cl]. The average molecular weight is 2230 g/mol. The molecule has 2 aliphatic rings. The number of nitro benzene ring substituents is 1. The van der Waals surface area contributed by atoms with E-state index in [4.69, 9.17) is 89.9 Å². The second-order valence-electron chi connectivity index (χ2n) is 29.1. The van der Waals surface area contributed by atoms with E-state index in [1.807, 2.05) is 37.6 Å². The van der Waals surface area contributed by atoms with E-state index in [1.54, 1.807) is 50.8 Å².